The average molecular weight is 311 g/mol. The van der Waals surface area contributed by atoms with Crippen LogP contribution >= 0.6 is 11.6 Å². The molecular formula is C15H19ClN2O3. The summed E-state index contributed by atoms with van der Waals surface area (Å²) in [6.07, 6.45) is 0.984. The van der Waals surface area contributed by atoms with Crippen LogP contribution in [0.4, 0.5) is 0 Å². The highest BCUT2D eigenvalue weighted by Gasteiger charge is 2.36. The van der Waals surface area contributed by atoms with E-state index in [1.54, 1.807) is 23.1 Å². The number of hydrogen-bond donors (Lipinski definition) is 2. The summed E-state index contributed by atoms with van der Waals surface area (Å²) in [4.78, 5) is 25.2. The number of hydrogen-bond acceptors (Lipinski definition) is 3. The number of benzene rings is 1. The van der Waals surface area contributed by atoms with Gasteiger partial charge in [0.25, 0.3) is 5.91 Å². The van der Waals surface area contributed by atoms with Crippen LogP contribution in [0.2, 0.25) is 5.02 Å². The summed E-state index contributed by atoms with van der Waals surface area (Å²) in [5.74, 6) is -0.721. The number of aliphatic hydroxyl groups is 1. The Hall–Kier alpha value is -1.59. The maximum Gasteiger partial charge on any atom is 0.254 e. The number of halogens is 1. The molecule has 1 aliphatic rings. The van der Waals surface area contributed by atoms with Crippen molar-refractivity contribution in [1.29, 1.82) is 0 Å². The lowest BCUT2D eigenvalue weighted by molar-refractivity contribution is -0.125. The number of β-amino-alcohol motifs (C(OH)–C–C–N with tert-alkyl or cyclic N) is 1. The molecule has 1 heterocycles. The van der Waals surface area contributed by atoms with E-state index in [2.05, 4.69) is 0 Å². The van der Waals surface area contributed by atoms with Crippen molar-refractivity contribution < 1.29 is 14.7 Å². The fourth-order valence-corrected chi connectivity index (χ4v) is 3.02. The molecule has 1 saturated heterocycles. The Morgan fingerprint density at radius 1 is 1.48 bits per heavy atom. The Morgan fingerprint density at radius 2 is 2.19 bits per heavy atom. The topological polar surface area (TPSA) is 83.6 Å². The molecule has 21 heavy (non-hydrogen) atoms. The van der Waals surface area contributed by atoms with Gasteiger partial charge in [-0.05, 0) is 43.5 Å². The Labute approximate surface area is 128 Å². The van der Waals surface area contributed by atoms with Gasteiger partial charge in [0.1, 0.15) is 0 Å². The third-order valence-electron chi connectivity index (χ3n) is 3.76. The molecule has 3 N–H and O–H groups in total. The predicted molar refractivity (Wildman–Crippen MR) is 80.1 cm³/mol. The number of piperidine rings is 1. The number of carbonyl (C=O) groups is 2. The predicted octanol–water partition coefficient (Wildman–Crippen LogP) is 1.49. The van der Waals surface area contributed by atoms with Gasteiger partial charge in [0, 0.05) is 17.1 Å². The lowest BCUT2D eigenvalue weighted by Crippen LogP contribution is -2.52. The molecule has 1 atom stereocenters. The first-order valence-electron chi connectivity index (χ1n) is 6.87. The van der Waals surface area contributed by atoms with Gasteiger partial charge in [0.05, 0.1) is 18.6 Å². The monoisotopic (exact) mass is 310 g/mol. The third kappa shape index (κ3) is 3.74. The highest BCUT2D eigenvalue weighted by Crippen LogP contribution is 2.26. The van der Waals surface area contributed by atoms with Crippen LogP contribution in [0.5, 0.6) is 0 Å². The molecule has 1 unspecified atom stereocenters. The number of aryl methyl sites for hydroxylation is 1. The molecule has 1 aliphatic heterocycles. The standard InChI is InChI=1S/C15H19ClN2O3/c1-10-7-11(16)3-4-12(10)14(20)18-6-2-5-15(21,9-18)8-13(17)19/h3-4,7,21H,2,5-6,8-9H2,1H3,(H2,17,19). The largest absolute Gasteiger partial charge is 0.388 e. The number of rotatable bonds is 3. The molecule has 0 aliphatic carbocycles. The minimum Gasteiger partial charge on any atom is -0.388 e. The SMILES string of the molecule is Cc1cc(Cl)ccc1C(=O)N1CCCC(O)(CC(N)=O)C1. The summed E-state index contributed by atoms with van der Waals surface area (Å²) < 4.78 is 0. The van der Waals surface area contributed by atoms with E-state index in [0.717, 1.165) is 5.56 Å². The zero-order chi connectivity index (χ0) is 15.6. The van der Waals surface area contributed by atoms with Crippen molar-refractivity contribution in [1.82, 2.24) is 4.90 Å². The molecule has 6 heteroatoms. The minimum absolute atomic E-state index is 0.122. The average Bonchev–Trinajstić information content (AvgIpc) is 2.36. The van der Waals surface area contributed by atoms with E-state index in [9.17, 15) is 14.7 Å². The van der Waals surface area contributed by atoms with Gasteiger partial charge < -0.3 is 15.7 Å². The second-order valence-corrected chi connectivity index (χ2v) is 6.09. The van der Waals surface area contributed by atoms with Gasteiger partial charge >= 0.3 is 0 Å². The highest BCUT2D eigenvalue weighted by molar-refractivity contribution is 6.30. The van der Waals surface area contributed by atoms with Crippen molar-refractivity contribution in [3.05, 3.63) is 34.3 Å². The van der Waals surface area contributed by atoms with E-state index in [1.165, 1.54) is 0 Å². The second kappa shape index (κ2) is 6.03. The molecule has 114 valence electrons. The summed E-state index contributed by atoms with van der Waals surface area (Å²) in [5, 5.41) is 11.0. The minimum atomic E-state index is -1.22. The fourth-order valence-electron chi connectivity index (χ4n) is 2.79. The van der Waals surface area contributed by atoms with Crippen LogP contribution in [-0.2, 0) is 4.79 Å². The second-order valence-electron chi connectivity index (χ2n) is 5.66. The van der Waals surface area contributed by atoms with Gasteiger partial charge in [-0.2, -0.15) is 0 Å². The zero-order valence-electron chi connectivity index (χ0n) is 11.9. The van der Waals surface area contributed by atoms with Crippen LogP contribution in [0, 0.1) is 6.92 Å². The van der Waals surface area contributed by atoms with Gasteiger partial charge in [-0.3, -0.25) is 9.59 Å². The Kier molecular flexibility index (Phi) is 4.54. The zero-order valence-corrected chi connectivity index (χ0v) is 12.7. The number of amides is 2. The molecule has 0 bridgehead atoms. The van der Waals surface area contributed by atoms with E-state index in [0.29, 0.717) is 30.0 Å². The summed E-state index contributed by atoms with van der Waals surface area (Å²) in [7, 11) is 0. The molecule has 2 rings (SSSR count). The number of carbonyl (C=O) groups excluding carboxylic acids is 2. The van der Waals surface area contributed by atoms with E-state index in [4.69, 9.17) is 17.3 Å². The van der Waals surface area contributed by atoms with Crippen molar-refractivity contribution in [3.8, 4) is 0 Å². The van der Waals surface area contributed by atoms with E-state index >= 15 is 0 Å². The third-order valence-corrected chi connectivity index (χ3v) is 4.00. The molecule has 2 amide bonds. The number of nitrogens with zero attached hydrogens (tertiary/aromatic N) is 1. The van der Waals surface area contributed by atoms with Crippen molar-refractivity contribution in [3.63, 3.8) is 0 Å². The first-order valence-corrected chi connectivity index (χ1v) is 7.25. The van der Waals surface area contributed by atoms with Crippen LogP contribution < -0.4 is 5.73 Å². The van der Waals surface area contributed by atoms with Gasteiger partial charge in [0.2, 0.25) is 5.91 Å². The number of primary amides is 1. The van der Waals surface area contributed by atoms with Crippen LogP contribution in [0.15, 0.2) is 18.2 Å². The molecule has 0 radical (unpaired) electrons. The van der Waals surface area contributed by atoms with Crippen LogP contribution in [-0.4, -0.2) is 40.5 Å². The van der Waals surface area contributed by atoms with E-state index in [1.807, 2.05) is 6.92 Å². The van der Waals surface area contributed by atoms with Gasteiger partial charge in [-0.15, -0.1) is 0 Å². The highest BCUT2D eigenvalue weighted by atomic mass is 35.5. The Morgan fingerprint density at radius 3 is 2.81 bits per heavy atom. The maximum absolute atomic E-state index is 12.6. The van der Waals surface area contributed by atoms with Gasteiger partial charge in [-0.25, -0.2) is 0 Å². The van der Waals surface area contributed by atoms with Gasteiger partial charge in [0.15, 0.2) is 0 Å². The normalized spacial score (nSPS) is 22.1. The fraction of sp³-hybridized carbons (Fsp3) is 0.467. The first kappa shape index (κ1) is 15.8. The van der Waals surface area contributed by atoms with E-state index < -0.39 is 11.5 Å². The first-order chi connectivity index (χ1) is 9.81. The number of likely N-dealkylation sites (tertiary alicyclic amines) is 1. The lowest BCUT2D eigenvalue weighted by Gasteiger charge is -2.38. The molecule has 1 fully saturated rings. The molecule has 1 aromatic rings. The number of nitrogens with two attached hydrogens (primary N) is 1. The maximum atomic E-state index is 12.6. The molecule has 0 saturated carbocycles. The van der Waals surface area contributed by atoms with Crippen LogP contribution in [0.1, 0.15) is 35.2 Å². The quantitative estimate of drug-likeness (QED) is 0.887. The van der Waals surface area contributed by atoms with Crippen molar-refractivity contribution >= 4 is 23.4 Å². The lowest BCUT2D eigenvalue weighted by atomic mass is 9.89. The van der Waals surface area contributed by atoms with E-state index in [-0.39, 0.29) is 18.9 Å². The van der Waals surface area contributed by atoms with Crippen LogP contribution in [0.3, 0.4) is 0 Å². The van der Waals surface area contributed by atoms with Crippen molar-refractivity contribution in [2.24, 2.45) is 5.73 Å². The summed E-state index contributed by atoms with van der Waals surface area (Å²) in [6, 6.07) is 5.08. The van der Waals surface area contributed by atoms with Crippen molar-refractivity contribution in [2.45, 2.75) is 31.8 Å². The Bertz CT molecular complexity index is 576. The Balaban J connectivity index is 2.17. The van der Waals surface area contributed by atoms with Crippen molar-refractivity contribution in [2.75, 3.05) is 13.1 Å². The smallest absolute Gasteiger partial charge is 0.254 e. The molecule has 1 aromatic carbocycles. The van der Waals surface area contributed by atoms with Crippen LogP contribution in [0.25, 0.3) is 0 Å². The summed E-state index contributed by atoms with van der Waals surface area (Å²) >= 11 is 5.89. The van der Waals surface area contributed by atoms with Gasteiger partial charge in [-0.1, -0.05) is 11.6 Å². The summed E-state index contributed by atoms with van der Waals surface area (Å²) in [5.41, 5.74) is 5.29. The summed E-state index contributed by atoms with van der Waals surface area (Å²) in [6.45, 7) is 2.50. The molecular weight excluding hydrogens is 292 g/mol. The molecule has 0 spiro atoms. The molecule has 5 nitrogen and oxygen atoms in total. The molecule has 0 aromatic heterocycles.